The molecule has 0 aliphatic rings. The average Bonchev–Trinajstić information content (AvgIpc) is 2.70. The fourth-order valence-corrected chi connectivity index (χ4v) is 2.97. The second-order valence-electron chi connectivity index (χ2n) is 6.15. The van der Waals surface area contributed by atoms with Gasteiger partial charge in [-0.05, 0) is 61.5 Å². The van der Waals surface area contributed by atoms with Gasteiger partial charge in [0.25, 0.3) is 5.91 Å². The van der Waals surface area contributed by atoms with Crippen LogP contribution in [0.15, 0.2) is 76.3 Å². The Hall–Kier alpha value is -2.96. The smallest absolute Gasteiger partial charge is 0.343 e. The summed E-state index contributed by atoms with van der Waals surface area (Å²) in [7, 11) is 0. The molecule has 7 heteroatoms. The SMILES string of the molecule is Cc1cccc(C(=O)NN=Cc2cc(Br)ccc2OC(=O)c2ccc(Cl)cc2)c1. The van der Waals surface area contributed by atoms with Crippen molar-refractivity contribution in [2.75, 3.05) is 0 Å². The molecule has 0 atom stereocenters. The number of hydrogen-bond acceptors (Lipinski definition) is 4. The summed E-state index contributed by atoms with van der Waals surface area (Å²) in [4.78, 5) is 24.6. The Bertz CT molecular complexity index is 1080. The summed E-state index contributed by atoms with van der Waals surface area (Å²) in [5, 5.41) is 4.52. The van der Waals surface area contributed by atoms with Crippen LogP contribution in [0.25, 0.3) is 0 Å². The van der Waals surface area contributed by atoms with Crippen molar-refractivity contribution in [1.29, 1.82) is 0 Å². The van der Waals surface area contributed by atoms with E-state index in [1.165, 1.54) is 6.21 Å². The number of amides is 1. The summed E-state index contributed by atoms with van der Waals surface area (Å²) < 4.78 is 6.25. The van der Waals surface area contributed by atoms with E-state index in [2.05, 4.69) is 26.5 Å². The lowest BCUT2D eigenvalue weighted by Crippen LogP contribution is -2.17. The van der Waals surface area contributed by atoms with Gasteiger partial charge in [0.05, 0.1) is 11.8 Å². The van der Waals surface area contributed by atoms with Crippen LogP contribution in [0, 0.1) is 6.92 Å². The number of esters is 1. The van der Waals surface area contributed by atoms with Crippen molar-refractivity contribution < 1.29 is 14.3 Å². The maximum atomic E-state index is 12.4. The molecule has 0 heterocycles. The minimum absolute atomic E-state index is 0.307. The number of ether oxygens (including phenoxy) is 1. The molecule has 5 nitrogen and oxygen atoms in total. The topological polar surface area (TPSA) is 67.8 Å². The standard InChI is InChI=1S/C22H16BrClN2O3/c1-14-3-2-4-16(11-14)21(27)26-25-13-17-12-18(23)7-10-20(17)29-22(28)15-5-8-19(24)9-6-15/h2-13H,1H3,(H,26,27). The Balaban J connectivity index is 1.74. The van der Waals surface area contributed by atoms with E-state index in [1.54, 1.807) is 60.7 Å². The van der Waals surface area contributed by atoms with Crippen molar-refractivity contribution in [3.8, 4) is 5.75 Å². The van der Waals surface area contributed by atoms with Crippen LogP contribution in [0.3, 0.4) is 0 Å². The van der Waals surface area contributed by atoms with Gasteiger partial charge in [-0.1, -0.05) is 45.2 Å². The number of rotatable bonds is 5. The molecule has 0 saturated heterocycles. The largest absolute Gasteiger partial charge is 0.422 e. The van der Waals surface area contributed by atoms with E-state index in [0.29, 0.717) is 27.5 Å². The van der Waals surface area contributed by atoms with Crippen molar-refractivity contribution in [2.45, 2.75) is 6.92 Å². The highest BCUT2D eigenvalue weighted by Crippen LogP contribution is 2.23. The molecule has 146 valence electrons. The van der Waals surface area contributed by atoms with E-state index in [-0.39, 0.29) is 5.91 Å². The zero-order chi connectivity index (χ0) is 20.8. The summed E-state index contributed by atoms with van der Waals surface area (Å²) in [5.74, 6) is -0.552. The molecule has 1 N–H and O–H groups in total. The molecule has 0 spiro atoms. The second-order valence-corrected chi connectivity index (χ2v) is 7.50. The van der Waals surface area contributed by atoms with Gasteiger partial charge in [-0.2, -0.15) is 5.10 Å². The maximum absolute atomic E-state index is 12.4. The number of carbonyl (C=O) groups is 2. The number of carbonyl (C=O) groups excluding carboxylic acids is 2. The zero-order valence-electron chi connectivity index (χ0n) is 15.4. The highest BCUT2D eigenvalue weighted by atomic mass is 79.9. The Morgan fingerprint density at radius 2 is 1.79 bits per heavy atom. The molecule has 1 amide bonds. The summed E-state index contributed by atoms with van der Waals surface area (Å²) in [6.45, 7) is 1.91. The van der Waals surface area contributed by atoms with Gasteiger partial charge in [0.15, 0.2) is 0 Å². The summed E-state index contributed by atoms with van der Waals surface area (Å²) >= 11 is 9.22. The van der Waals surface area contributed by atoms with Crippen LogP contribution in [0.4, 0.5) is 0 Å². The van der Waals surface area contributed by atoms with Crippen molar-refractivity contribution in [2.24, 2.45) is 5.10 Å². The van der Waals surface area contributed by atoms with E-state index < -0.39 is 5.97 Å². The molecule has 0 aliphatic heterocycles. The first-order chi connectivity index (χ1) is 13.9. The number of benzene rings is 3. The van der Waals surface area contributed by atoms with Gasteiger partial charge in [0.1, 0.15) is 5.75 Å². The van der Waals surface area contributed by atoms with Crippen molar-refractivity contribution >= 4 is 45.6 Å². The molecular formula is C22H16BrClN2O3. The minimum Gasteiger partial charge on any atom is -0.422 e. The molecule has 0 aromatic heterocycles. The Morgan fingerprint density at radius 1 is 1.03 bits per heavy atom. The number of hydrazone groups is 1. The highest BCUT2D eigenvalue weighted by molar-refractivity contribution is 9.10. The summed E-state index contributed by atoms with van der Waals surface area (Å²) in [6.07, 6.45) is 1.42. The molecule has 0 saturated carbocycles. The van der Waals surface area contributed by atoms with Crippen molar-refractivity contribution in [3.63, 3.8) is 0 Å². The fraction of sp³-hybridized carbons (Fsp3) is 0.0455. The van der Waals surface area contributed by atoms with Crippen LogP contribution in [0.5, 0.6) is 5.75 Å². The van der Waals surface area contributed by atoms with Gasteiger partial charge in [-0.3, -0.25) is 4.79 Å². The third-order valence-corrected chi connectivity index (χ3v) is 4.65. The number of hydrogen-bond donors (Lipinski definition) is 1. The number of nitrogens with zero attached hydrogens (tertiary/aromatic N) is 1. The molecule has 3 aromatic carbocycles. The van der Waals surface area contributed by atoms with Gasteiger partial charge >= 0.3 is 5.97 Å². The molecular weight excluding hydrogens is 456 g/mol. The molecule has 0 radical (unpaired) electrons. The highest BCUT2D eigenvalue weighted by Gasteiger charge is 2.12. The minimum atomic E-state index is -0.526. The van der Waals surface area contributed by atoms with Crippen LogP contribution in [0.2, 0.25) is 5.02 Å². The van der Waals surface area contributed by atoms with Gasteiger partial charge in [0.2, 0.25) is 0 Å². The lowest BCUT2D eigenvalue weighted by molar-refractivity contribution is 0.0734. The van der Waals surface area contributed by atoms with Crippen LogP contribution in [-0.2, 0) is 0 Å². The maximum Gasteiger partial charge on any atom is 0.343 e. The number of halogens is 2. The Morgan fingerprint density at radius 3 is 2.52 bits per heavy atom. The molecule has 0 aliphatic carbocycles. The van der Waals surface area contributed by atoms with Gasteiger partial charge in [-0.25, -0.2) is 10.2 Å². The normalized spacial score (nSPS) is 10.7. The lowest BCUT2D eigenvalue weighted by atomic mass is 10.1. The predicted octanol–water partition coefficient (Wildman–Crippen LogP) is 5.39. The Kier molecular flexibility index (Phi) is 6.80. The first-order valence-corrected chi connectivity index (χ1v) is 9.77. The quantitative estimate of drug-likeness (QED) is 0.235. The van der Waals surface area contributed by atoms with Crippen LogP contribution >= 0.6 is 27.5 Å². The van der Waals surface area contributed by atoms with Gasteiger partial charge < -0.3 is 4.74 Å². The second kappa shape index (κ2) is 9.49. The monoisotopic (exact) mass is 470 g/mol. The molecule has 0 fully saturated rings. The molecule has 29 heavy (non-hydrogen) atoms. The molecule has 3 aromatic rings. The first-order valence-electron chi connectivity index (χ1n) is 8.60. The zero-order valence-corrected chi connectivity index (χ0v) is 17.7. The predicted molar refractivity (Wildman–Crippen MR) is 117 cm³/mol. The average molecular weight is 472 g/mol. The first kappa shape index (κ1) is 20.8. The van der Waals surface area contributed by atoms with E-state index in [4.69, 9.17) is 16.3 Å². The van der Waals surface area contributed by atoms with Crippen LogP contribution in [-0.4, -0.2) is 18.1 Å². The van der Waals surface area contributed by atoms with Gasteiger partial charge in [0, 0.05) is 20.6 Å². The summed E-state index contributed by atoms with van der Waals surface area (Å²) in [5.41, 5.74) is 4.84. The van der Waals surface area contributed by atoms with Crippen molar-refractivity contribution in [1.82, 2.24) is 5.43 Å². The van der Waals surface area contributed by atoms with Crippen molar-refractivity contribution in [3.05, 3.63) is 98.5 Å². The van der Waals surface area contributed by atoms with E-state index in [9.17, 15) is 9.59 Å². The third-order valence-electron chi connectivity index (χ3n) is 3.90. The Labute approximate surface area is 181 Å². The van der Waals surface area contributed by atoms with E-state index in [1.807, 2.05) is 13.0 Å². The summed E-state index contributed by atoms with van der Waals surface area (Å²) in [6, 6.07) is 18.7. The van der Waals surface area contributed by atoms with Gasteiger partial charge in [-0.15, -0.1) is 0 Å². The molecule has 0 bridgehead atoms. The van der Waals surface area contributed by atoms with E-state index in [0.717, 1.165) is 10.0 Å². The molecule has 0 unspecified atom stereocenters. The lowest BCUT2D eigenvalue weighted by Gasteiger charge is -2.08. The third kappa shape index (κ3) is 5.76. The van der Waals surface area contributed by atoms with E-state index >= 15 is 0 Å². The number of aryl methyl sites for hydroxylation is 1. The number of nitrogens with one attached hydrogen (secondary N) is 1. The molecule has 3 rings (SSSR count). The van der Waals surface area contributed by atoms with Crippen LogP contribution in [0.1, 0.15) is 31.8 Å². The fourth-order valence-electron chi connectivity index (χ4n) is 2.47. The van der Waals surface area contributed by atoms with Crippen LogP contribution < -0.4 is 10.2 Å².